The van der Waals surface area contributed by atoms with E-state index in [-0.39, 0.29) is 0 Å². The summed E-state index contributed by atoms with van der Waals surface area (Å²) in [6.45, 7) is 0. The Morgan fingerprint density at radius 1 is 1.10 bits per heavy atom. The maximum absolute atomic E-state index is 10.4. The molecular formula is C6H6O4. The average Bonchev–Trinajstić information content (AvgIpc) is 1.85. The lowest BCUT2D eigenvalue weighted by atomic mass is 10.3. The Hall–Kier alpha value is -1.58. The van der Waals surface area contributed by atoms with Crippen LogP contribution < -0.4 is 0 Å². The number of ketones is 1. The molecule has 0 saturated carbocycles. The minimum absolute atomic E-state index is 0.550. The van der Waals surface area contributed by atoms with Crippen LogP contribution in [0.5, 0.6) is 0 Å². The molecule has 0 amide bonds. The van der Waals surface area contributed by atoms with Crippen molar-refractivity contribution in [3.8, 4) is 0 Å². The summed E-state index contributed by atoms with van der Waals surface area (Å²) in [5.74, 6) is -1.76. The van der Waals surface area contributed by atoms with E-state index in [1.54, 1.807) is 0 Å². The van der Waals surface area contributed by atoms with Crippen molar-refractivity contribution in [2.45, 2.75) is 0 Å². The number of carboxylic acids is 1. The Bertz CT molecular complexity index is 190. The van der Waals surface area contributed by atoms with E-state index in [2.05, 4.69) is 0 Å². The fourth-order valence-electron chi connectivity index (χ4n) is 0.282. The van der Waals surface area contributed by atoms with E-state index in [0.29, 0.717) is 12.3 Å². The summed E-state index contributed by atoms with van der Waals surface area (Å²) in [7, 11) is 0. The minimum atomic E-state index is -1.19. The third kappa shape index (κ3) is 4.58. The van der Waals surface area contributed by atoms with Crippen molar-refractivity contribution >= 4 is 11.8 Å². The van der Waals surface area contributed by atoms with Crippen molar-refractivity contribution in [3.05, 3.63) is 24.5 Å². The molecule has 0 bridgehead atoms. The molecule has 0 aliphatic rings. The van der Waals surface area contributed by atoms with Crippen molar-refractivity contribution in [3.63, 3.8) is 0 Å². The molecule has 0 aromatic carbocycles. The van der Waals surface area contributed by atoms with Gasteiger partial charge in [-0.05, 0) is 6.08 Å². The highest BCUT2D eigenvalue weighted by atomic mass is 16.4. The van der Waals surface area contributed by atoms with Gasteiger partial charge >= 0.3 is 5.97 Å². The molecule has 4 nitrogen and oxygen atoms in total. The van der Waals surface area contributed by atoms with Crippen LogP contribution in [0.4, 0.5) is 0 Å². The lowest BCUT2D eigenvalue weighted by molar-refractivity contribution is -0.131. The molecular weight excluding hydrogens is 136 g/mol. The van der Waals surface area contributed by atoms with E-state index in [4.69, 9.17) is 10.2 Å². The molecule has 2 N–H and O–H groups in total. The highest BCUT2D eigenvalue weighted by Gasteiger charge is 1.89. The number of hydrogen-bond donors (Lipinski definition) is 2. The van der Waals surface area contributed by atoms with Crippen LogP contribution in [0.3, 0.4) is 0 Å². The summed E-state index contributed by atoms with van der Waals surface area (Å²) in [4.78, 5) is 20.1. The zero-order chi connectivity index (χ0) is 7.98. The third-order valence-corrected chi connectivity index (χ3v) is 0.629. The molecule has 0 rings (SSSR count). The molecule has 0 unspecified atom stereocenters. The first-order valence-electron chi connectivity index (χ1n) is 2.42. The Morgan fingerprint density at radius 3 is 2.10 bits per heavy atom. The highest BCUT2D eigenvalue weighted by molar-refractivity contribution is 6.02. The van der Waals surface area contributed by atoms with Gasteiger partial charge in [0.25, 0.3) is 0 Å². The molecule has 0 aromatic heterocycles. The van der Waals surface area contributed by atoms with E-state index in [0.717, 1.165) is 12.2 Å². The Kier molecular flexibility index (Phi) is 3.63. The van der Waals surface area contributed by atoms with Gasteiger partial charge in [0, 0.05) is 12.2 Å². The van der Waals surface area contributed by atoms with Crippen LogP contribution >= 0.6 is 0 Å². The first kappa shape index (κ1) is 8.42. The second-order valence-corrected chi connectivity index (χ2v) is 1.39. The van der Waals surface area contributed by atoms with Gasteiger partial charge in [-0.25, -0.2) is 4.79 Å². The molecule has 0 spiro atoms. The zero-order valence-corrected chi connectivity index (χ0v) is 5.02. The lowest BCUT2D eigenvalue weighted by Crippen LogP contribution is -1.90. The summed E-state index contributed by atoms with van der Waals surface area (Å²) in [5.41, 5.74) is 0. The summed E-state index contributed by atoms with van der Waals surface area (Å²) in [6, 6.07) is 0. The smallest absolute Gasteiger partial charge is 0.328 e. The van der Waals surface area contributed by atoms with Crippen LogP contribution in [-0.4, -0.2) is 22.0 Å². The van der Waals surface area contributed by atoms with Crippen molar-refractivity contribution in [1.82, 2.24) is 0 Å². The fraction of sp³-hybridized carbons (Fsp3) is 0. The normalized spacial score (nSPS) is 10.8. The second-order valence-electron chi connectivity index (χ2n) is 1.39. The SMILES string of the molecule is O=C(O)C=CC(=O)C=CO. The van der Waals surface area contributed by atoms with Gasteiger partial charge in [-0.15, -0.1) is 0 Å². The fourth-order valence-corrected chi connectivity index (χ4v) is 0.282. The molecule has 4 heteroatoms. The number of carbonyl (C=O) groups excluding carboxylic acids is 1. The van der Waals surface area contributed by atoms with E-state index in [9.17, 15) is 9.59 Å². The van der Waals surface area contributed by atoms with Crippen molar-refractivity contribution in [2.24, 2.45) is 0 Å². The maximum atomic E-state index is 10.4. The predicted octanol–water partition coefficient (Wildman–Crippen LogP) is 0.268. The number of allylic oxidation sites excluding steroid dienone is 2. The molecule has 0 aromatic rings. The molecule has 0 atom stereocenters. The Morgan fingerprint density at radius 2 is 1.70 bits per heavy atom. The zero-order valence-electron chi connectivity index (χ0n) is 5.02. The van der Waals surface area contributed by atoms with Crippen molar-refractivity contribution in [2.75, 3.05) is 0 Å². The highest BCUT2D eigenvalue weighted by Crippen LogP contribution is 1.78. The van der Waals surface area contributed by atoms with E-state index in [1.807, 2.05) is 0 Å². The number of aliphatic carboxylic acids is 1. The molecule has 54 valence electrons. The van der Waals surface area contributed by atoms with Crippen LogP contribution in [0.15, 0.2) is 24.5 Å². The van der Waals surface area contributed by atoms with Gasteiger partial charge < -0.3 is 10.2 Å². The van der Waals surface area contributed by atoms with Crippen LogP contribution in [0.2, 0.25) is 0 Å². The van der Waals surface area contributed by atoms with E-state index < -0.39 is 11.8 Å². The number of hydrogen-bond acceptors (Lipinski definition) is 3. The van der Waals surface area contributed by atoms with Gasteiger partial charge in [0.05, 0.1) is 6.26 Å². The van der Waals surface area contributed by atoms with Gasteiger partial charge in [-0.3, -0.25) is 4.79 Å². The van der Waals surface area contributed by atoms with E-state index >= 15 is 0 Å². The molecule has 0 aliphatic carbocycles. The number of aliphatic hydroxyl groups excluding tert-OH is 1. The number of carboxylic acid groups (broad SMARTS) is 1. The van der Waals surface area contributed by atoms with Gasteiger partial charge in [0.2, 0.25) is 0 Å². The van der Waals surface area contributed by atoms with Gasteiger partial charge in [0.1, 0.15) is 0 Å². The molecule has 0 aliphatic heterocycles. The van der Waals surface area contributed by atoms with Crippen LogP contribution in [0, 0.1) is 0 Å². The predicted molar refractivity (Wildman–Crippen MR) is 33.6 cm³/mol. The Labute approximate surface area is 57.1 Å². The standard InChI is InChI=1S/C6H6O4/c7-4-3-5(8)1-2-6(9)10/h1-4,7H,(H,9,10). The average molecular weight is 142 g/mol. The summed E-state index contributed by atoms with van der Waals surface area (Å²) in [5, 5.41) is 16.0. The lowest BCUT2D eigenvalue weighted by Gasteiger charge is -1.78. The van der Waals surface area contributed by atoms with Crippen LogP contribution in [-0.2, 0) is 9.59 Å². The van der Waals surface area contributed by atoms with Gasteiger partial charge in [-0.1, -0.05) is 0 Å². The van der Waals surface area contributed by atoms with Crippen molar-refractivity contribution < 1.29 is 19.8 Å². The topological polar surface area (TPSA) is 74.6 Å². The maximum Gasteiger partial charge on any atom is 0.328 e. The molecule has 10 heavy (non-hydrogen) atoms. The monoisotopic (exact) mass is 142 g/mol. The molecule has 0 heterocycles. The summed E-state index contributed by atoms with van der Waals surface area (Å²) >= 11 is 0. The van der Waals surface area contributed by atoms with Gasteiger partial charge in [-0.2, -0.15) is 0 Å². The van der Waals surface area contributed by atoms with Crippen molar-refractivity contribution in [1.29, 1.82) is 0 Å². The first-order valence-corrected chi connectivity index (χ1v) is 2.42. The number of carbonyl (C=O) groups is 2. The van der Waals surface area contributed by atoms with Crippen LogP contribution in [0.25, 0.3) is 0 Å². The first-order chi connectivity index (χ1) is 4.66. The number of rotatable bonds is 3. The third-order valence-electron chi connectivity index (χ3n) is 0.629. The second kappa shape index (κ2) is 4.31. The minimum Gasteiger partial charge on any atom is -0.515 e. The van der Waals surface area contributed by atoms with E-state index in [1.165, 1.54) is 0 Å². The van der Waals surface area contributed by atoms with Crippen LogP contribution in [0.1, 0.15) is 0 Å². The molecule has 0 radical (unpaired) electrons. The summed E-state index contributed by atoms with van der Waals surface area (Å²) < 4.78 is 0. The summed E-state index contributed by atoms with van der Waals surface area (Å²) in [6.07, 6.45) is 2.94. The number of aliphatic hydroxyl groups is 1. The van der Waals surface area contributed by atoms with Gasteiger partial charge in [0.15, 0.2) is 5.78 Å². The largest absolute Gasteiger partial charge is 0.515 e. The quantitative estimate of drug-likeness (QED) is 0.438. The molecule has 0 saturated heterocycles. The Balaban J connectivity index is 3.90. The molecule has 0 fully saturated rings.